The van der Waals surface area contributed by atoms with E-state index in [0.29, 0.717) is 12.1 Å². The van der Waals surface area contributed by atoms with Crippen molar-refractivity contribution in [2.75, 3.05) is 6.54 Å². The molecule has 3 nitrogen and oxygen atoms in total. The number of amides is 1. The Balaban J connectivity index is 1.51. The number of hydrogen-bond acceptors (Lipinski definition) is 2. The molecule has 0 saturated heterocycles. The van der Waals surface area contributed by atoms with Crippen LogP contribution in [0.4, 0.5) is 0 Å². The van der Waals surface area contributed by atoms with Gasteiger partial charge < -0.3 is 5.32 Å². The molecule has 0 atom stereocenters. The zero-order chi connectivity index (χ0) is 19.2. The Morgan fingerprint density at radius 1 is 1.04 bits per heavy atom. The van der Waals surface area contributed by atoms with Crippen LogP contribution in [0, 0.1) is 17.4 Å². The number of aromatic nitrogens is 1. The van der Waals surface area contributed by atoms with Crippen LogP contribution in [-0.2, 0) is 6.42 Å². The highest BCUT2D eigenvalue weighted by atomic mass is 127. The van der Waals surface area contributed by atoms with Crippen molar-refractivity contribution in [3.63, 3.8) is 0 Å². The van der Waals surface area contributed by atoms with Gasteiger partial charge >= 0.3 is 0 Å². The molecule has 0 bridgehead atoms. The van der Waals surface area contributed by atoms with Gasteiger partial charge in [0.2, 0.25) is 0 Å². The zero-order valence-electron chi connectivity index (χ0n) is 15.6. The standard InChI is InChI=1S/C23H23IN2O/c1-16-7-10-20(15-22(16)24)19-11-8-18(9-12-19)5-3-14-26-23(27)21-6-4-13-25-17(21)2/h4,6-13,15H,3,5,14H2,1-2H3,(H,26,27). The van der Waals surface area contributed by atoms with Crippen LogP contribution >= 0.6 is 22.6 Å². The Labute approximate surface area is 174 Å². The Morgan fingerprint density at radius 2 is 1.78 bits per heavy atom. The third kappa shape index (κ3) is 5.16. The lowest BCUT2D eigenvalue weighted by atomic mass is 10.0. The Morgan fingerprint density at radius 3 is 2.48 bits per heavy atom. The molecule has 0 fully saturated rings. The van der Waals surface area contributed by atoms with Crippen molar-refractivity contribution < 1.29 is 4.79 Å². The second kappa shape index (κ2) is 9.13. The van der Waals surface area contributed by atoms with Crippen LogP contribution < -0.4 is 5.32 Å². The SMILES string of the molecule is Cc1ccc(-c2ccc(CCCNC(=O)c3cccnc3C)cc2)cc1I. The number of halogens is 1. The second-order valence-corrected chi connectivity index (χ2v) is 7.82. The minimum Gasteiger partial charge on any atom is -0.352 e. The molecule has 1 N–H and O–H groups in total. The quantitative estimate of drug-likeness (QED) is 0.391. The summed E-state index contributed by atoms with van der Waals surface area (Å²) in [5.41, 5.74) is 6.48. The van der Waals surface area contributed by atoms with Crippen LogP contribution in [0.5, 0.6) is 0 Å². The topological polar surface area (TPSA) is 42.0 Å². The highest BCUT2D eigenvalue weighted by Crippen LogP contribution is 2.24. The van der Waals surface area contributed by atoms with E-state index in [4.69, 9.17) is 0 Å². The molecule has 0 aliphatic rings. The number of hydrogen-bond donors (Lipinski definition) is 1. The number of carbonyl (C=O) groups is 1. The lowest BCUT2D eigenvalue weighted by Crippen LogP contribution is -2.25. The van der Waals surface area contributed by atoms with Crippen LogP contribution in [0.25, 0.3) is 11.1 Å². The van der Waals surface area contributed by atoms with Gasteiger partial charge in [-0.25, -0.2) is 0 Å². The maximum atomic E-state index is 12.2. The van der Waals surface area contributed by atoms with E-state index in [1.54, 1.807) is 12.3 Å². The summed E-state index contributed by atoms with van der Waals surface area (Å²) >= 11 is 2.38. The molecule has 4 heteroatoms. The average Bonchev–Trinajstić information content (AvgIpc) is 2.68. The summed E-state index contributed by atoms with van der Waals surface area (Å²) in [6, 6.07) is 18.9. The third-order valence-electron chi connectivity index (χ3n) is 4.64. The Hall–Kier alpha value is -2.21. The number of pyridine rings is 1. The Bertz CT molecular complexity index is 935. The van der Waals surface area contributed by atoms with Crippen molar-refractivity contribution in [1.29, 1.82) is 0 Å². The van der Waals surface area contributed by atoms with E-state index in [1.165, 1.54) is 25.8 Å². The maximum Gasteiger partial charge on any atom is 0.253 e. The van der Waals surface area contributed by atoms with Crippen molar-refractivity contribution in [1.82, 2.24) is 10.3 Å². The van der Waals surface area contributed by atoms with Gasteiger partial charge in [-0.05, 0) is 89.7 Å². The second-order valence-electron chi connectivity index (χ2n) is 6.66. The molecule has 1 amide bonds. The lowest BCUT2D eigenvalue weighted by Gasteiger charge is -2.08. The highest BCUT2D eigenvalue weighted by Gasteiger charge is 2.08. The minimum atomic E-state index is -0.0510. The highest BCUT2D eigenvalue weighted by molar-refractivity contribution is 14.1. The molecule has 138 valence electrons. The molecule has 1 heterocycles. The van der Waals surface area contributed by atoms with Crippen LogP contribution in [0.3, 0.4) is 0 Å². The maximum absolute atomic E-state index is 12.2. The van der Waals surface area contributed by atoms with Crippen molar-refractivity contribution in [2.45, 2.75) is 26.7 Å². The average molecular weight is 470 g/mol. The smallest absolute Gasteiger partial charge is 0.253 e. The zero-order valence-corrected chi connectivity index (χ0v) is 17.8. The van der Waals surface area contributed by atoms with Gasteiger partial charge in [0, 0.05) is 22.0 Å². The summed E-state index contributed by atoms with van der Waals surface area (Å²) in [4.78, 5) is 16.3. The first-order chi connectivity index (χ1) is 13.0. The van der Waals surface area contributed by atoms with Crippen molar-refractivity contribution >= 4 is 28.5 Å². The Kier molecular flexibility index (Phi) is 6.61. The molecule has 3 aromatic rings. The van der Waals surface area contributed by atoms with Gasteiger partial charge in [-0.3, -0.25) is 9.78 Å². The molecule has 2 aromatic carbocycles. The molecule has 1 aromatic heterocycles. The fourth-order valence-corrected chi connectivity index (χ4v) is 3.47. The van der Waals surface area contributed by atoms with Gasteiger partial charge in [-0.2, -0.15) is 0 Å². The molecule has 0 saturated carbocycles. The number of nitrogens with one attached hydrogen (secondary N) is 1. The molecule has 0 spiro atoms. The summed E-state index contributed by atoms with van der Waals surface area (Å²) in [5, 5.41) is 2.98. The fraction of sp³-hybridized carbons (Fsp3) is 0.217. The van der Waals surface area contributed by atoms with Crippen LogP contribution in [0.2, 0.25) is 0 Å². The van der Waals surface area contributed by atoms with Crippen LogP contribution in [-0.4, -0.2) is 17.4 Å². The van der Waals surface area contributed by atoms with E-state index >= 15 is 0 Å². The molecular formula is C23H23IN2O. The van der Waals surface area contributed by atoms with Gasteiger partial charge in [-0.15, -0.1) is 0 Å². The first-order valence-electron chi connectivity index (χ1n) is 9.10. The summed E-state index contributed by atoms with van der Waals surface area (Å²) in [6.45, 7) is 4.64. The van der Waals surface area contributed by atoms with E-state index in [0.717, 1.165) is 18.5 Å². The molecule has 0 radical (unpaired) electrons. The minimum absolute atomic E-state index is 0.0510. The van der Waals surface area contributed by atoms with E-state index < -0.39 is 0 Å². The van der Waals surface area contributed by atoms with Gasteiger partial charge in [0.15, 0.2) is 0 Å². The lowest BCUT2D eigenvalue weighted by molar-refractivity contribution is 0.0952. The van der Waals surface area contributed by atoms with E-state index in [1.807, 2.05) is 13.0 Å². The molecule has 0 unspecified atom stereocenters. The number of nitrogens with zero attached hydrogens (tertiary/aromatic N) is 1. The predicted molar refractivity (Wildman–Crippen MR) is 119 cm³/mol. The molecular weight excluding hydrogens is 447 g/mol. The summed E-state index contributed by atoms with van der Waals surface area (Å²) in [6.07, 6.45) is 3.55. The van der Waals surface area contributed by atoms with Gasteiger partial charge in [0.05, 0.1) is 5.56 Å². The van der Waals surface area contributed by atoms with Gasteiger partial charge in [0.25, 0.3) is 5.91 Å². The van der Waals surface area contributed by atoms with Gasteiger partial charge in [-0.1, -0.05) is 36.4 Å². The van der Waals surface area contributed by atoms with Gasteiger partial charge in [0.1, 0.15) is 0 Å². The van der Waals surface area contributed by atoms with Crippen molar-refractivity contribution in [3.05, 3.63) is 86.7 Å². The number of benzene rings is 2. The molecule has 27 heavy (non-hydrogen) atoms. The predicted octanol–water partition coefficient (Wildman–Crippen LogP) is 5.33. The first kappa shape index (κ1) is 19.5. The van der Waals surface area contributed by atoms with Crippen LogP contribution in [0.15, 0.2) is 60.8 Å². The number of carbonyl (C=O) groups excluding carboxylic acids is 1. The monoisotopic (exact) mass is 470 g/mol. The van der Waals surface area contributed by atoms with E-state index in [-0.39, 0.29) is 5.91 Å². The third-order valence-corrected chi connectivity index (χ3v) is 5.80. The van der Waals surface area contributed by atoms with E-state index in [9.17, 15) is 4.79 Å². The summed E-state index contributed by atoms with van der Waals surface area (Å²) in [7, 11) is 0. The summed E-state index contributed by atoms with van der Waals surface area (Å²) < 4.78 is 1.29. The van der Waals surface area contributed by atoms with E-state index in [2.05, 4.69) is 82.3 Å². The van der Waals surface area contributed by atoms with Crippen molar-refractivity contribution in [2.24, 2.45) is 0 Å². The largest absolute Gasteiger partial charge is 0.352 e. The fourth-order valence-electron chi connectivity index (χ4n) is 2.95. The summed E-state index contributed by atoms with van der Waals surface area (Å²) in [5.74, 6) is -0.0510. The molecule has 0 aliphatic carbocycles. The number of aryl methyl sites for hydroxylation is 3. The molecule has 3 rings (SSSR count). The number of rotatable bonds is 6. The normalized spacial score (nSPS) is 10.6. The van der Waals surface area contributed by atoms with Crippen molar-refractivity contribution in [3.8, 4) is 11.1 Å². The molecule has 0 aliphatic heterocycles. The van der Waals surface area contributed by atoms with Crippen LogP contribution in [0.1, 0.15) is 33.6 Å². The first-order valence-corrected chi connectivity index (χ1v) is 10.2.